The lowest BCUT2D eigenvalue weighted by atomic mass is 10.1. The van der Waals surface area contributed by atoms with Gasteiger partial charge in [0.2, 0.25) is 5.91 Å². The predicted octanol–water partition coefficient (Wildman–Crippen LogP) is 1.70. The second-order valence-electron chi connectivity index (χ2n) is 6.93. The van der Waals surface area contributed by atoms with E-state index < -0.39 is 6.04 Å². The Morgan fingerprint density at radius 3 is 2.79 bits per heavy atom. The summed E-state index contributed by atoms with van der Waals surface area (Å²) in [4.78, 5) is 26.9. The van der Waals surface area contributed by atoms with Crippen molar-refractivity contribution in [3.8, 4) is 5.75 Å². The van der Waals surface area contributed by atoms with Crippen LogP contribution in [-0.2, 0) is 4.79 Å². The highest BCUT2D eigenvalue weighted by atomic mass is 16.5. The molecule has 1 aromatic carbocycles. The largest absolute Gasteiger partial charge is 0.494 e. The number of ether oxygens (including phenoxy) is 1. The fourth-order valence-electron chi connectivity index (χ4n) is 3.07. The highest BCUT2D eigenvalue weighted by molar-refractivity contribution is 6.07. The predicted molar refractivity (Wildman–Crippen MR) is 90.0 cm³/mol. The van der Waals surface area contributed by atoms with E-state index in [1.807, 2.05) is 20.8 Å². The molecule has 2 N–H and O–H groups in total. The summed E-state index contributed by atoms with van der Waals surface area (Å²) < 4.78 is 5.26. The SMILES string of the molecule is COc1cccc2c(C(=O)NC3CCN(C(C)(C)C)C3=O)n[nH]c12. The van der Waals surface area contributed by atoms with Crippen LogP contribution in [0.1, 0.15) is 37.7 Å². The van der Waals surface area contributed by atoms with Gasteiger partial charge in [-0.1, -0.05) is 12.1 Å². The zero-order valence-electron chi connectivity index (χ0n) is 14.3. The van der Waals surface area contributed by atoms with Crippen LogP contribution in [0.5, 0.6) is 5.75 Å². The van der Waals surface area contributed by atoms with Gasteiger partial charge in [0.15, 0.2) is 5.69 Å². The third-order valence-electron chi connectivity index (χ3n) is 4.32. The number of carbonyl (C=O) groups is 2. The van der Waals surface area contributed by atoms with Crippen molar-refractivity contribution in [1.29, 1.82) is 0 Å². The Labute approximate surface area is 140 Å². The van der Waals surface area contributed by atoms with Gasteiger partial charge in [-0.3, -0.25) is 14.7 Å². The fourth-order valence-corrected chi connectivity index (χ4v) is 3.07. The Hall–Kier alpha value is -2.57. The van der Waals surface area contributed by atoms with Crippen molar-refractivity contribution in [2.24, 2.45) is 0 Å². The molecule has 7 heteroatoms. The zero-order valence-corrected chi connectivity index (χ0v) is 14.3. The number of nitrogens with zero attached hydrogens (tertiary/aromatic N) is 2. The Balaban J connectivity index is 1.81. The third kappa shape index (κ3) is 2.70. The molecule has 1 saturated heterocycles. The van der Waals surface area contributed by atoms with E-state index in [4.69, 9.17) is 4.74 Å². The number of nitrogens with one attached hydrogen (secondary N) is 2. The molecule has 1 fully saturated rings. The number of H-pyrrole nitrogens is 1. The van der Waals surface area contributed by atoms with Gasteiger partial charge < -0.3 is 15.0 Å². The zero-order chi connectivity index (χ0) is 17.5. The summed E-state index contributed by atoms with van der Waals surface area (Å²) >= 11 is 0. The van der Waals surface area contributed by atoms with E-state index in [1.165, 1.54) is 0 Å². The minimum Gasteiger partial charge on any atom is -0.494 e. The van der Waals surface area contributed by atoms with Gasteiger partial charge in [-0.15, -0.1) is 0 Å². The first kappa shape index (κ1) is 16.3. The van der Waals surface area contributed by atoms with E-state index in [2.05, 4.69) is 15.5 Å². The molecule has 1 unspecified atom stereocenters. The van der Waals surface area contributed by atoms with Crippen molar-refractivity contribution in [2.45, 2.75) is 38.8 Å². The normalized spacial score (nSPS) is 18.2. The maximum atomic E-state index is 12.6. The number of hydrogen-bond acceptors (Lipinski definition) is 4. The highest BCUT2D eigenvalue weighted by Crippen LogP contribution is 2.26. The van der Waals surface area contributed by atoms with Crippen LogP contribution in [0.15, 0.2) is 18.2 Å². The summed E-state index contributed by atoms with van der Waals surface area (Å²) in [6.45, 7) is 6.61. The van der Waals surface area contributed by atoms with Gasteiger partial charge >= 0.3 is 0 Å². The summed E-state index contributed by atoms with van der Waals surface area (Å²) in [6.07, 6.45) is 0.605. The fraction of sp³-hybridized carbons (Fsp3) is 0.471. The first-order valence-corrected chi connectivity index (χ1v) is 7.96. The van der Waals surface area contributed by atoms with Gasteiger partial charge in [0.25, 0.3) is 5.91 Å². The number of methoxy groups -OCH3 is 1. The molecule has 0 aliphatic carbocycles. The Morgan fingerprint density at radius 2 is 2.17 bits per heavy atom. The molecule has 24 heavy (non-hydrogen) atoms. The maximum absolute atomic E-state index is 12.6. The third-order valence-corrected chi connectivity index (χ3v) is 4.32. The summed E-state index contributed by atoms with van der Waals surface area (Å²) in [7, 11) is 1.56. The van der Waals surface area contributed by atoms with Crippen LogP contribution in [0.25, 0.3) is 10.9 Å². The number of aromatic nitrogens is 2. The quantitative estimate of drug-likeness (QED) is 0.897. The molecule has 1 atom stereocenters. The first-order valence-electron chi connectivity index (χ1n) is 7.96. The molecule has 3 rings (SSSR count). The number of hydrogen-bond donors (Lipinski definition) is 2. The monoisotopic (exact) mass is 330 g/mol. The number of para-hydroxylation sites is 1. The molecule has 128 valence electrons. The van der Waals surface area contributed by atoms with Gasteiger partial charge in [0, 0.05) is 17.5 Å². The molecular formula is C17H22N4O3. The van der Waals surface area contributed by atoms with Crippen LogP contribution in [0, 0.1) is 0 Å². The minimum absolute atomic E-state index is 0.0479. The van der Waals surface area contributed by atoms with Crippen LogP contribution in [0.2, 0.25) is 0 Å². The van der Waals surface area contributed by atoms with Crippen molar-refractivity contribution in [3.05, 3.63) is 23.9 Å². The molecule has 1 aliphatic heterocycles. The van der Waals surface area contributed by atoms with Crippen molar-refractivity contribution in [1.82, 2.24) is 20.4 Å². The number of carbonyl (C=O) groups excluding carboxylic acids is 2. The molecule has 2 heterocycles. The second kappa shape index (κ2) is 5.81. The summed E-state index contributed by atoms with van der Waals surface area (Å²) in [5.74, 6) is 0.215. The van der Waals surface area contributed by atoms with Crippen LogP contribution < -0.4 is 10.1 Å². The standard InChI is InChI=1S/C17H22N4O3/c1-17(2,3)21-9-8-11(16(21)23)18-15(22)14-10-6-5-7-12(24-4)13(10)19-20-14/h5-7,11H,8-9H2,1-4H3,(H,18,22)(H,19,20). The van der Waals surface area contributed by atoms with E-state index in [0.717, 1.165) is 0 Å². The number of aromatic amines is 1. The van der Waals surface area contributed by atoms with Gasteiger partial charge in [0.1, 0.15) is 17.3 Å². The molecule has 0 bridgehead atoms. The average Bonchev–Trinajstić information content (AvgIpc) is 3.10. The van der Waals surface area contributed by atoms with Crippen molar-refractivity contribution < 1.29 is 14.3 Å². The molecule has 0 saturated carbocycles. The molecule has 1 aromatic heterocycles. The maximum Gasteiger partial charge on any atom is 0.273 e. The Bertz CT molecular complexity index is 791. The summed E-state index contributed by atoms with van der Waals surface area (Å²) in [5.41, 5.74) is 0.688. The topological polar surface area (TPSA) is 87.3 Å². The van der Waals surface area contributed by atoms with Crippen LogP contribution in [0.4, 0.5) is 0 Å². The molecule has 7 nitrogen and oxygen atoms in total. The Morgan fingerprint density at radius 1 is 1.42 bits per heavy atom. The van der Waals surface area contributed by atoms with E-state index in [1.54, 1.807) is 30.2 Å². The van der Waals surface area contributed by atoms with E-state index in [9.17, 15) is 9.59 Å². The van der Waals surface area contributed by atoms with Crippen LogP contribution >= 0.6 is 0 Å². The number of amides is 2. The number of likely N-dealkylation sites (tertiary alicyclic amines) is 1. The lowest BCUT2D eigenvalue weighted by Gasteiger charge is -2.32. The lowest BCUT2D eigenvalue weighted by molar-refractivity contribution is -0.133. The van der Waals surface area contributed by atoms with Gasteiger partial charge in [0.05, 0.1) is 7.11 Å². The Kier molecular flexibility index (Phi) is 3.95. The minimum atomic E-state index is -0.505. The average molecular weight is 330 g/mol. The molecule has 0 radical (unpaired) electrons. The molecule has 0 spiro atoms. The van der Waals surface area contributed by atoms with E-state index in [0.29, 0.717) is 29.6 Å². The molecule has 1 aliphatic rings. The summed E-state index contributed by atoms with van der Waals surface area (Å²) in [6, 6.07) is 4.89. The van der Waals surface area contributed by atoms with Crippen molar-refractivity contribution in [2.75, 3.05) is 13.7 Å². The van der Waals surface area contributed by atoms with E-state index in [-0.39, 0.29) is 23.0 Å². The van der Waals surface area contributed by atoms with Crippen LogP contribution in [-0.4, -0.2) is 52.1 Å². The first-order chi connectivity index (χ1) is 11.3. The van der Waals surface area contributed by atoms with E-state index >= 15 is 0 Å². The van der Waals surface area contributed by atoms with Crippen molar-refractivity contribution in [3.63, 3.8) is 0 Å². The highest BCUT2D eigenvalue weighted by Gasteiger charge is 2.38. The molecule has 2 aromatic rings. The molecular weight excluding hydrogens is 308 g/mol. The van der Waals surface area contributed by atoms with Gasteiger partial charge in [-0.25, -0.2) is 0 Å². The second-order valence-corrected chi connectivity index (χ2v) is 6.93. The number of rotatable bonds is 3. The smallest absolute Gasteiger partial charge is 0.273 e. The van der Waals surface area contributed by atoms with Crippen molar-refractivity contribution >= 4 is 22.7 Å². The van der Waals surface area contributed by atoms with Crippen LogP contribution in [0.3, 0.4) is 0 Å². The molecule has 2 amide bonds. The van der Waals surface area contributed by atoms with Gasteiger partial charge in [-0.2, -0.15) is 5.10 Å². The number of fused-ring (bicyclic) bond motifs is 1. The lowest BCUT2D eigenvalue weighted by Crippen LogP contribution is -2.47. The number of benzene rings is 1. The van der Waals surface area contributed by atoms with Gasteiger partial charge in [-0.05, 0) is 33.3 Å². The summed E-state index contributed by atoms with van der Waals surface area (Å²) in [5, 5.41) is 10.4.